The Morgan fingerprint density at radius 2 is 2.31 bits per heavy atom. The Kier molecular flexibility index (Phi) is 2.50. The molecule has 5 nitrogen and oxygen atoms in total. The zero-order chi connectivity index (χ0) is 11.9. The van der Waals surface area contributed by atoms with Gasteiger partial charge in [-0.15, -0.1) is 0 Å². The lowest BCUT2D eigenvalue weighted by Crippen LogP contribution is -2.37. The fourth-order valence-electron chi connectivity index (χ4n) is 2.08. The van der Waals surface area contributed by atoms with Crippen molar-refractivity contribution < 1.29 is 9.90 Å². The molecule has 0 aliphatic carbocycles. The van der Waals surface area contributed by atoms with Crippen LogP contribution in [0.2, 0.25) is 0 Å². The van der Waals surface area contributed by atoms with E-state index >= 15 is 0 Å². The zero-order valence-electron chi connectivity index (χ0n) is 9.90. The molecule has 88 valence electrons. The zero-order valence-corrected chi connectivity index (χ0v) is 9.90. The third-order valence-electron chi connectivity index (χ3n) is 3.00. The van der Waals surface area contributed by atoms with Gasteiger partial charge in [0.25, 0.3) is 0 Å². The van der Waals surface area contributed by atoms with Crippen molar-refractivity contribution in [2.45, 2.75) is 32.4 Å². The lowest BCUT2D eigenvalue weighted by Gasteiger charge is -2.25. The molecule has 2 rings (SSSR count). The molecule has 0 saturated carbocycles. The Bertz CT molecular complexity index is 423. The van der Waals surface area contributed by atoms with E-state index in [1.807, 2.05) is 13.0 Å². The van der Waals surface area contributed by atoms with Gasteiger partial charge in [-0.25, -0.2) is 0 Å². The minimum atomic E-state index is -1.03. The van der Waals surface area contributed by atoms with E-state index in [0.29, 0.717) is 6.54 Å². The van der Waals surface area contributed by atoms with E-state index in [2.05, 4.69) is 5.10 Å². The molecule has 1 aromatic rings. The number of aliphatic hydroxyl groups is 1. The van der Waals surface area contributed by atoms with Gasteiger partial charge in [-0.05, 0) is 19.4 Å². The van der Waals surface area contributed by atoms with Gasteiger partial charge < -0.3 is 10.0 Å². The summed E-state index contributed by atoms with van der Waals surface area (Å²) in [6.45, 7) is 4.24. The quantitative estimate of drug-likeness (QED) is 0.736. The van der Waals surface area contributed by atoms with E-state index in [0.717, 1.165) is 17.8 Å². The van der Waals surface area contributed by atoms with Gasteiger partial charge in [0.2, 0.25) is 5.91 Å². The molecule has 1 amide bonds. The Balaban J connectivity index is 2.48. The molecule has 1 aliphatic heterocycles. The minimum absolute atomic E-state index is 0.0234. The highest BCUT2D eigenvalue weighted by Gasteiger charge is 2.34. The van der Waals surface area contributed by atoms with E-state index in [1.54, 1.807) is 23.6 Å². The third kappa shape index (κ3) is 1.71. The first-order valence-corrected chi connectivity index (χ1v) is 5.47. The van der Waals surface area contributed by atoms with Crippen molar-refractivity contribution in [1.29, 1.82) is 0 Å². The molecule has 0 aromatic carbocycles. The number of amides is 1. The molecular formula is C11H17N3O2. The SMILES string of the molecule is CCc1cc2n(n1)CC(=O)N(C)CC2(C)O. The molecule has 16 heavy (non-hydrogen) atoms. The van der Waals surface area contributed by atoms with Crippen LogP contribution in [0.5, 0.6) is 0 Å². The molecule has 1 N–H and O–H groups in total. The number of rotatable bonds is 1. The Morgan fingerprint density at radius 1 is 1.62 bits per heavy atom. The van der Waals surface area contributed by atoms with Crippen LogP contribution >= 0.6 is 0 Å². The molecule has 1 unspecified atom stereocenters. The highest BCUT2D eigenvalue weighted by Crippen LogP contribution is 2.25. The molecule has 0 spiro atoms. The number of carbonyl (C=O) groups is 1. The number of β-amino-alcohol motifs (C(OH)–C–C–N with tert-alkyl or cyclic N) is 1. The van der Waals surface area contributed by atoms with Gasteiger partial charge in [0.15, 0.2) is 0 Å². The van der Waals surface area contributed by atoms with Crippen molar-refractivity contribution in [3.8, 4) is 0 Å². The largest absolute Gasteiger partial charge is 0.382 e. The van der Waals surface area contributed by atoms with Crippen LogP contribution in [-0.2, 0) is 23.4 Å². The number of nitrogens with zero attached hydrogens (tertiary/aromatic N) is 3. The van der Waals surface area contributed by atoms with Gasteiger partial charge >= 0.3 is 0 Å². The van der Waals surface area contributed by atoms with Crippen LogP contribution in [0, 0.1) is 0 Å². The van der Waals surface area contributed by atoms with Crippen molar-refractivity contribution in [3.05, 3.63) is 17.5 Å². The second-order valence-corrected chi connectivity index (χ2v) is 4.56. The smallest absolute Gasteiger partial charge is 0.244 e. The highest BCUT2D eigenvalue weighted by atomic mass is 16.3. The fourth-order valence-corrected chi connectivity index (χ4v) is 2.08. The maximum absolute atomic E-state index is 11.7. The monoisotopic (exact) mass is 223 g/mol. The predicted octanol–water partition coefficient (Wildman–Crippen LogP) is 0.125. The van der Waals surface area contributed by atoms with Crippen LogP contribution in [0.3, 0.4) is 0 Å². The van der Waals surface area contributed by atoms with Gasteiger partial charge in [-0.2, -0.15) is 5.10 Å². The number of carbonyl (C=O) groups excluding carboxylic acids is 1. The molecular weight excluding hydrogens is 206 g/mol. The maximum atomic E-state index is 11.7. The summed E-state index contributed by atoms with van der Waals surface area (Å²) in [4.78, 5) is 13.3. The normalized spacial score (nSPS) is 25.5. The Morgan fingerprint density at radius 3 is 2.94 bits per heavy atom. The summed E-state index contributed by atoms with van der Waals surface area (Å²) < 4.78 is 1.62. The molecule has 1 aliphatic rings. The molecule has 0 saturated heterocycles. The van der Waals surface area contributed by atoms with E-state index in [4.69, 9.17) is 0 Å². The maximum Gasteiger partial charge on any atom is 0.244 e. The summed E-state index contributed by atoms with van der Waals surface area (Å²) >= 11 is 0. The van der Waals surface area contributed by atoms with Crippen LogP contribution in [0.1, 0.15) is 25.2 Å². The van der Waals surface area contributed by atoms with E-state index < -0.39 is 5.60 Å². The van der Waals surface area contributed by atoms with Crippen molar-refractivity contribution >= 4 is 5.91 Å². The minimum Gasteiger partial charge on any atom is -0.382 e. The molecule has 1 aromatic heterocycles. The molecule has 0 radical (unpaired) electrons. The van der Waals surface area contributed by atoms with Crippen molar-refractivity contribution in [2.24, 2.45) is 0 Å². The third-order valence-corrected chi connectivity index (χ3v) is 3.00. The molecule has 1 atom stereocenters. The second-order valence-electron chi connectivity index (χ2n) is 4.56. The van der Waals surface area contributed by atoms with Crippen LogP contribution in [0.25, 0.3) is 0 Å². The first-order chi connectivity index (χ1) is 7.44. The average molecular weight is 223 g/mol. The molecule has 0 bridgehead atoms. The first-order valence-electron chi connectivity index (χ1n) is 5.47. The highest BCUT2D eigenvalue weighted by molar-refractivity contribution is 5.76. The summed E-state index contributed by atoms with van der Waals surface area (Å²) in [6, 6.07) is 1.88. The van der Waals surface area contributed by atoms with Gasteiger partial charge in [-0.1, -0.05) is 6.92 Å². The van der Waals surface area contributed by atoms with Crippen molar-refractivity contribution in [1.82, 2.24) is 14.7 Å². The van der Waals surface area contributed by atoms with Gasteiger partial charge in [0.1, 0.15) is 12.1 Å². The van der Waals surface area contributed by atoms with Crippen LogP contribution in [0.4, 0.5) is 0 Å². The standard InChI is InChI=1S/C11H17N3O2/c1-4-8-5-9-11(2,16)7-13(3)10(15)6-14(9)12-8/h5,16H,4,6-7H2,1-3H3. The van der Waals surface area contributed by atoms with Crippen molar-refractivity contribution in [3.63, 3.8) is 0 Å². The number of fused-ring (bicyclic) bond motifs is 1. The number of aromatic nitrogens is 2. The van der Waals surface area contributed by atoms with Crippen molar-refractivity contribution in [2.75, 3.05) is 13.6 Å². The van der Waals surface area contributed by atoms with Gasteiger partial charge in [0, 0.05) is 7.05 Å². The number of hydrogen-bond acceptors (Lipinski definition) is 3. The first kappa shape index (κ1) is 11.1. The lowest BCUT2D eigenvalue weighted by atomic mass is 10.0. The Hall–Kier alpha value is -1.36. The number of likely N-dealkylation sites (N-methyl/N-ethyl adjacent to an activating group) is 1. The topological polar surface area (TPSA) is 58.4 Å². The van der Waals surface area contributed by atoms with E-state index in [1.165, 1.54) is 0 Å². The number of hydrogen-bond donors (Lipinski definition) is 1. The van der Waals surface area contributed by atoms with Crippen LogP contribution < -0.4 is 0 Å². The summed E-state index contributed by atoms with van der Waals surface area (Å²) in [5.74, 6) is -0.0234. The van der Waals surface area contributed by atoms with Gasteiger partial charge in [-0.3, -0.25) is 9.48 Å². The van der Waals surface area contributed by atoms with Gasteiger partial charge in [0.05, 0.1) is 17.9 Å². The average Bonchev–Trinajstić information content (AvgIpc) is 2.57. The fraction of sp³-hybridized carbons (Fsp3) is 0.636. The summed E-state index contributed by atoms with van der Waals surface area (Å²) in [7, 11) is 1.70. The van der Waals surface area contributed by atoms with E-state index in [9.17, 15) is 9.90 Å². The summed E-state index contributed by atoms with van der Waals surface area (Å²) in [6.07, 6.45) is 0.806. The predicted molar refractivity (Wildman–Crippen MR) is 58.8 cm³/mol. The Labute approximate surface area is 94.7 Å². The second kappa shape index (κ2) is 3.59. The molecule has 2 heterocycles. The number of aryl methyl sites for hydroxylation is 1. The van der Waals surface area contributed by atoms with Crippen LogP contribution in [-0.4, -0.2) is 39.3 Å². The lowest BCUT2D eigenvalue weighted by molar-refractivity contribution is -0.132. The summed E-state index contributed by atoms with van der Waals surface area (Å²) in [5, 5.41) is 14.7. The van der Waals surface area contributed by atoms with E-state index in [-0.39, 0.29) is 12.5 Å². The molecule has 5 heteroatoms. The van der Waals surface area contributed by atoms with Crippen LogP contribution in [0.15, 0.2) is 6.07 Å². The molecule has 0 fully saturated rings. The summed E-state index contributed by atoms with van der Waals surface area (Å²) in [5.41, 5.74) is 0.608.